The Hall–Kier alpha value is -3.31. The second kappa shape index (κ2) is 9.58. The fourth-order valence-corrected chi connectivity index (χ4v) is 2.67. The number of rotatable bonds is 8. The van der Waals surface area contributed by atoms with Crippen LogP contribution in [0.4, 0.5) is 0 Å². The van der Waals surface area contributed by atoms with Gasteiger partial charge in [0.05, 0.1) is 13.0 Å². The Balaban J connectivity index is 1.87. The van der Waals surface area contributed by atoms with E-state index in [-0.39, 0.29) is 12.4 Å². The summed E-state index contributed by atoms with van der Waals surface area (Å²) in [6.45, 7) is 2.10. The zero-order valence-corrected chi connectivity index (χ0v) is 15.7. The highest BCUT2D eigenvalue weighted by Gasteiger charge is 2.16. The maximum Gasteiger partial charge on any atom is 0.307 e. The van der Waals surface area contributed by atoms with Gasteiger partial charge < -0.3 is 19.9 Å². The molecule has 3 aromatic rings. The normalized spacial score (nSPS) is 11.5. The van der Waals surface area contributed by atoms with Gasteiger partial charge in [0.15, 0.2) is 11.5 Å². The molecule has 0 radical (unpaired) electrons. The van der Waals surface area contributed by atoms with Gasteiger partial charge in [0.2, 0.25) is 0 Å². The lowest BCUT2D eigenvalue weighted by Crippen LogP contribution is -2.17. The molecule has 0 bridgehead atoms. The molecule has 5 heteroatoms. The molecule has 0 saturated carbocycles. The van der Waals surface area contributed by atoms with E-state index in [0.29, 0.717) is 29.6 Å². The summed E-state index contributed by atoms with van der Waals surface area (Å²) in [6, 6.07) is 23.8. The van der Waals surface area contributed by atoms with Crippen molar-refractivity contribution in [3.05, 3.63) is 84.4 Å². The third-order valence-electron chi connectivity index (χ3n) is 4.03. The number of hydrogen-bond donors (Lipinski definition) is 1. The van der Waals surface area contributed by atoms with Gasteiger partial charge in [0.1, 0.15) is 11.5 Å². The number of carbonyl (C=O) groups is 1. The Bertz CT molecular complexity index is 897. The lowest BCUT2D eigenvalue weighted by atomic mass is 10.0. The summed E-state index contributed by atoms with van der Waals surface area (Å²) in [4.78, 5) is 11.8. The first kappa shape index (κ1) is 19.5. The lowest BCUT2D eigenvalue weighted by molar-refractivity contribution is -0.143. The van der Waals surface area contributed by atoms with Crippen LogP contribution in [-0.4, -0.2) is 12.6 Å². The molecule has 0 saturated heterocycles. The monoisotopic (exact) mass is 377 g/mol. The van der Waals surface area contributed by atoms with Crippen molar-refractivity contribution >= 4 is 5.97 Å². The van der Waals surface area contributed by atoms with Crippen molar-refractivity contribution < 1.29 is 19.0 Å². The fraction of sp³-hybridized carbons (Fsp3) is 0.174. The first-order chi connectivity index (χ1) is 13.7. The molecule has 0 amide bonds. The van der Waals surface area contributed by atoms with E-state index in [1.165, 1.54) is 0 Å². The van der Waals surface area contributed by atoms with Crippen LogP contribution in [0.3, 0.4) is 0 Å². The molecule has 0 aromatic heterocycles. The summed E-state index contributed by atoms with van der Waals surface area (Å²) >= 11 is 0. The first-order valence-corrected chi connectivity index (χ1v) is 9.16. The molecule has 0 aliphatic carbocycles. The third kappa shape index (κ3) is 5.34. The Morgan fingerprint density at radius 1 is 0.857 bits per heavy atom. The van der Waals surface area contributed by atoms with Crippen molar-refractivity contribution in [1.82, 2.24) is 0 Å². The summed E-state index contributed by atoms with van der Waals surface area (Å²) in [6.07, 6.45) is 0.0947. The Labute approximate surface area is 164 Å². The fourth-order valence-electron chi connectivity index (χ4n) is 2.67. The van der Waals surface area contributed by atoms with E-state index in [9.17, 15) is 4.79 Å². The second-order valence-corrected chi connectivity index (χ2v) is 6.15. The number of benzene rings is 3. The maximum atomic E-state index is 11.8. The third-order valence-corrected chi connectivity index (χ3v) is 4.03. The number of para-hydroxylation sites is 2. The number of ether oxygens (including phenoxy) is 3. The molecule has 144 valence electrons. The summed E-state index contributed by atoms with van der Waals surface area (Å²) in [5.41, 5.74) is 6.96. The summed E-state index contributed by atoms with van der Waals surface area (Å²) in [5.74, 6) is 2.12. The Morgan fingerprint density at radius 2 is 1.43 bits per heavy atom. The SMILES string of the molecule is CCOC(=O)C[C@@H](N)c1ccc(Oc2ccccc2)c(Oc2ccccc2)c1. The van der Waals surface area contributed by atoms with Crippen LogP contribution >= 0.6 is 0 Å². The van der Waals surface area contributed by atoms with E-state index < -0.39 is 6.04 Å². The zero-order valence-electron chi connectivity index (χ0n) is 15.7. The number of esters is 1. The van der Waals surface area contributed by atoms with E-state index in [4.69, 9.17) is 19.9 Å². The zero-order chi connectivity index (χ0) is 19.8. The van der Waals surface area contributed by atoms with Gasteiger partial charge in [0.25, 0.3) is 0 Å². The van der Waals surface area contributed by atoms with Crippen LogP contribution in [0.2, 0.25) is 0 Å². The van der Waals surface area contributed by atoms with Crippen molar-refractivity contribution in [1.29, 1.82) is 0 Å². The standard InChI is InChI=1S/C23H23NO4/c1-2-26-23(25)16-20(24)17-13-14-21(27-18-9-5-3-6-10-18)22(15-17)28-19-11-7-4-8-12-19/h3-15,20H,2,16,24H2,1H3/t20-/m1/s1. The Morgan fingerprint density at radius 3 is 2.00 bits per heavy atom. The van der Waals surface area contributed by atoms with Gasteiger partial charge in [-0.1, -0.05) is 42.5 Å². The van der Waals surface area contributed by atoms with E-state index >= 15 is 0 Å². The molecular formula is C23H23NO4. The van der Waals surface area contributed by atoms with E-state index in [1.54, 1.807) is 19.1 Å². The Kier molecular flexibility index (Phi) is 6.65. The minimum absolute atomic E-state index is 0.0947. The average Bonchev–Trinajstić information content (AvgIpc) is 2.71. The predicted octanol–water partition coefficient (Wildman–Crippen LogP) is 5.22. The van der Waals surface area contributed by atoms with Crippen LogP contribution in [0, 0.1) is 0 Å². The largest absolute Gasteiger partial charge is 0.466 e. The van der Waals surface area contributed by atoms with Gasteiger partial charge in [-0.15, -0.1) is 0 Å². The molecule has 0 aliphatic rings. The number of nitrogens with two attached hydrogens (primary N) is 1. The van der Waals surface area contributed by atoms with E-state index in [0.717, 1.165) is 5.56 Å². The van der Waals surface area contributed by atoms with Gasteiger partial charge in [-0.05, 0) is 48.9 Å². The number of hydrogen-bond acceptors (Lipinski definition) is 5. The smallest absolute Gasteiger partial charge is 0.307 e. The van der Waals surface area contributed by atoms with Gasteiger partial charge >= 0.3 is 5.97 Å². The van der Waals surface area contributed by atoms with Crippen LogP contribution in [0.5, 0.6) is 23.0 Å². The van der Waals surface area contributed by atoms with E-state index in [1.807, 2.05) is 66.7 Å². The molecular weight excluding hydrogens is 354 g/mol. The molecule has 28 heavy (non-hydrogen) atoms. The average molecular weight is 377 g/mol. The highest BCUT2D eigenvalue weighted by molar-refractivity contribution is 5.70. The molecule has 0 fully saturated rings. The molecule has 0 heterocycles. The van der Waals surface area contributed by atoms with Crippen LogP contribution in [0.1, 0.15) is 24.9 Å². The number of carbonyl (C=O) groups excluding carboxylic acids is 1. The molecule has 0 unspecified atom stereocenters. The van der Waals surface area contributed by atoms with Crippen LogP contribution in [-0.2, 0) is 9.53 Å². The molecule has 0 aliphatic heterocycles. The summed E-state index contributed by atoms with van der Waals surface area (Å²) in [7, 11) is 0. The van der Waals surface area contributed by atoms with Gasteiger partial charge in [-0.2, -0.15) is 0 Å². The highest BCUT2D eigenvalue weighted by atomic mass is 16.5. The molecule has 1 atom stereocenters. The molecule has 5 nitrogen and oxygen atoms in total. The van der Waals surface area contributed by atoms with Crippen LogP contribution in [0.25, 0.3) is 0 Å². The summed E-state index contributed by atoms with van der Waals surface area (Å²) < 4.78 is 17.0. The molecule has 3 aromatic carbocycles. The van der Waals surface area contributed by atoms with Gasteiger partial charge in [0, 0.05) is 6.04 Å². The molecule has 2 N–H and O–H groups in total. The van der Waals surface area contributed by atoms with Gasteiger partial charge in [-0.3, -0.25) is 4.79 Å². The second-order valence-electron chi connectivity index (χ2n) is 6.15. The minimum Gasteiger partial charge on any atom is -0.466 e. The topological polar surface area (TPSA) is 70.8 Å². The quantitative estimate of drug-likeness (QED) is 0.545. The molecule has 3 rings (SSSR count). The highest BCUT2D eigenvalue weighted by Crippen LogP contribution is 2.37. The predicted molar refractivity (Wildman–Crippen MR) is 108 cm³/mol. The molecule has 0 spiro atoms. The van der Waals surface area contributed by atoms with Crippen molar-refractivity contribution in [2.45, 2.75) is 19.4 Å². The maximum absolute atomic E-state index is 11.8. The van der Waals surface area contributed by atoms with Crippen molar-refractivity contribution in [2.75, 3.05) is 6.61 Å². The van der Waals surface area contributed by atoms with Crippen molar-refractivity contribution in [3.63, 3.8) is 0 Å². The first-order valence-electron chi connectivity index (χ1n) is 9.16. The van der Waals surface area contributed by atoms with Gasteiger partial charge in [-0.25, -0.2) is 0 Å². The van der Waals surface area contributed by atoms with Crippen molar-refractivity contribution in [3.8, 4) is 23.0 Å². The van der Waals surface area contributed by atoms with Crippen LogP contribution < -0.4 is 15.2 Å². The minimum atomic E-state index is -0.497. The van der Waals surface area contributed by atoms with Crippen molar-refractivity contribution in [2.24, 2.45) is 5.73 Å². The van der Waals surface area contributed by atoms with Crippen LogP contribution in [0.15, 0.2) is 78.9 Å². The van der Waals surface area contributed by atoms with E-state index in [2.05, 4.69) is 0 Å². The summed E-state index contributed by atoms with van der Waals surface area (Å²) in [5, 5.41) is 0. The lowest BCUT2D eigenvalue weighted by Gasteiger charge is -2.16.